The van der Waals surface area contributed by atoms with E-state index in [1.807, 2.05) is 12.4 Å². The van der Waals surface area contributed by atoms with Crippen molar-refractivity contribution < 1.29 is 4.79 Å². The summed E-state index contributed by atoms with van der Waals surface area (Å²) in [5.41, 5.74) is 1.48. The van der Waals surface area contributed by atoms with Crippen molar-refractivity contribution in [1.29, 1.82) is 0 Å². The Bertz CT molecular complexity index is 665. The van der Waals surface area contributed by atoms with Gasteiger partial charge >= 0.3 is 0 Å². The largest absolute Gasteiger partial charge is 0.350 e. The molecular weight excluding hydrogens is 360 g/mol. The van der Waals surface area contributed by atoms with E-state index in [9.17, 15) is 4.79 Å². The summed E-state index contributed by atoms with van der Waals surface area (Å²) in [6.07, 6.45) is 11.9. The predicted molar refractivity (Wildman–Crippen MR) is 116 cm³/mol. The first kappa shape index (κ1) is 20.8. The van der Waals surface area contributed by atoms with E-state index in [0.29, 0.717) is 17.9 Å². The lowest BCUT2D eigenvalue weighted by Gasteiger charge is -2.42. The highest BCUT2D eigenvalue weighted by Crippen LogP contribution is 2.41. The minimum atomic E-state index is 0.131. The molecule has 0 bridgehead atoms. The molecule has 1 saturated carbocycles. The zero-order valence-corrected chi connectivity index (χ0v) is 18.3. The van der Waals surface area contributed by atoms with Gasteiger partial charge in [-0.3, -0.25) is 19.6 Å². The Labute approximate surface area is 176 Å². The monoisotopic (exact) mass is 398 g/mol. The number of carbonyl (C=O) groups is 1. The van der Waals surface area contributed by atoms with E-state index in [-0.39, 0.29) is 11.5 Å². The molecule has 1 aromatic rings. The molecule has 3 aliphatic rings. The summed E-state index contributed by atoms with van der Waals surface area (Å²) in [4.78, 5) is 22.3. The van der Waals surface area contributed by atoms with Gasteiger partial charge in [-0.1, -0.05) is 13.8 Å². The van der Waals surface area contributed by atoms with Gasteiger partial charge < -0.3 is 5.32 Å². The van der Waals surface area contributed by atoms with E-state index < -0.39 is 0 Å². The molecule has 2 aliphatic heterocycles. The quantitative estimate of drug-likeness (QED) is 0.764. The molecule has 1 amide bonds. The number of piperidine rings is 2. The van der Waals surface area contributed by atoms with Crippen LogP contribution < -0.4 is 5.32 Å². The number of likely N-dealkylation sites (tertiary alicyclic amines) is 2. The average Bonchev–Trinajstić information content (AvgIpc) is 3.47. The summed E-state index contributed by atoms with van der Waals surface area (Å²) in [6.45, 7) is 9.97. The Balaban J connectivity index is 1.24. The van der Waals surface area contributed by atoms with Gasteiger partial charge in [0.05, 0.1) is 5.92 Å². The number of carbonyl (C=O) groups excluding carboxylic acids is 1. The highest BCUT2D eigenvalue weighted by Gasteiger charge is 2.45. The molecule has 160 valence electrons. The van der Waals surface area contributed by atoms with Gasteiger partial charge in [-0.15, -0.1) is 0 Å². The number of nitrogens with one attached hydrogen (secondary N) is 1. The normalized spacial score (nSPS) is 25.8. The molecule has 3 fully saturated rings. The lowest BCUT2D eigenvalue weighted by atomic mass is 9.92. The van der Waals surface area contributed by atoms with Crippen LogP contribution in [0.5, 0.6) is 0 Å². The number of hydrogen-bond donors (Lipinski definition) is 1. The van der Waals surface area contributed by atoms with Crippen LogP contribution in [0.2, 0.25) is 0 Å². The van der Waals surface area contributed by atoms with Crippen LogP contribution in [-0.2, 0) is 11.3 Å². The van der Waals surface area contributed by atoms with Crippen LogP contribution in [0.1, 0.15) is 64.4 Å². The van der Waals surface area contributed by atoms with Crippen LogP contribution in [0.4, 0.5) is 0 Å². The number of hydrogen-bond acceptors (Lipinski definition) is 4. The van der Waals surface area contributed by atoms with Crippen molar-refractivity contribution in [3.63, 3.8) is 0 Å². The molecular formula is C24H38N4O. The van der Waals surface area contributed by atoms with Crippen molar-refractivity contribution >= 4 is 5.91 Å². The van der Waals surface area contributed by atoms with E-state index >= 15 is 0 Å². The maximum Gasteiger partial charge on any atom is 0.224 e. The molecule has 1 aromatic heterocycles. The average molecular weight is 399 g/mol. The van der Waals surface area contributed by atoms with E-state index in [1.54, 1.807) is 0 Å². The third kappa shape index (κ3) is 5.58. The Kier molecular flexibility index (Phi) is 6.55. The van der Waals surface area contributed by atoms with Crippen LogP contribution >= 0.6 is 0 Å². The minimum absolute atomic E-state index is 0.131. The molecule has 1 N–H and O–H groups in total. The minimum Gasteiger partial charge on any atom is -0.350 e. The zero-order chi connectivity index (χ0) is 20.3. The summed E-state index contributed by atoms with van der Waals surface area (Å²) in [5, 5.41) is 3.45. The van der Waals surface area contributed by atoms with E-state index in [4.69, 9.17) is 0 Å². The fourth-order valence-electron chi connectivity index (χ4n) is 5.42. The molecule has 5 heteroatoms. The molecule has 5 nitrogen and oxygen atoms in total. The van der Waals surface area contributed by atoms with Gasteiger partial charge in [0.2, 0.25) is 5.91 Å². The highest BCUT2D eigenvalue weighted by molar-refractivity contribution is 5.80. The van der Waals surface area contributed by atoms with Crippen LogP contribution in [0.25, 0.3) is 0 Å². The van der Waals surface area contributed by atoms with Gasteiger partial charge in [-0.25, -0.2) is 0 Å². The van der Waals surface area contributed by atoms with Gasteiger partial charge in [0.25, 0.3) is 0 Å². The number of pyridine rings is 1. The smallest absolute Gasteiger partial charge is 0.224 e. The highest BCUT2D eigenvalue weighted by atomic mass is 16.2. The van der Waals surface area contributed by atoms with Gasteiger partial charge in [0.1, 0.15) is 0 Å². The summed E-state index contributed by atoms with van der Waals surface area (Å²) in [6, 6.07) is 4.88. The van der Waals surface area contributed by atoms with Crippen LogP contribution in [0, 0.1) is 11.8 Å². The lowest BCUT2D eigenvalue weighted by Crippen LogP contribution is -2.52. The number of nitrogens with zero attached hydrogens (tertiary/aromatic N) is 3. The van der Waals surface area contributed by atoms with Gasteiger partial charge in [0.15, 0.2) is 0 Å². The summed E-state index contributed by atoms with van der Waals surface area (Å²) >= 11 is 0. The molecule has 0 unspecified atom stereocenters. The molecule has 2 saturated heterocycles. The van der Waals surface area contributed by atoms with Gasteiger partial charge in [-0.2, -0.15) is 0 Å². The van der Waals surface area contributed by atoms with Crippen LogP contribution in [-0.4, -0.2) is 58.5 Å². The van der Waals surface area contributed by atoms with Gasteiger partial charge in [-0.05, 0) is 88.2 Å². The van der Waals surface area contributed by atoms with Crippen molar-refractivity contribution in [1.82, 2.24) is 20.1 Å². The maximum absolute atomic E-state index is 13.0. The maximum atomic E-state index is 13.0. The second-order valence-electron chi connectivity index (χ2n) is 10.1. The Morgan fingerprint density at radius 2 is 1.90 bits per heavy atom. The third-order valence-electron chi connectivity index (χ3n) is 7.09. The molecule has 4 rings (SSSR count). The summed E-state index contributed by atoms with van der Waals surface area (Å²) in [5.74, 6) is 1.16. The zero-order valence-electron chi connectivity index (χ0n) is 18.3. The molecule has 0 aromatic carbocycles. The number of amides is 1. The van der Waals surface area contributed by atoms with Crippen molar-refractivity contribution in [2.24, 2.45) is 11.8 Å². The predicted octanol–water partition coefficient (Wildman–Crippen LogP) is 3.45. The topological polar surface area (TPSA) is 48.5 Å². The number of rotatable bonds is 7. The first-order chi connectivity index (χ1) is 14.0. The van der Waals surface area contributed by atoms with Crippen LogP contribution in [0.15, 0.2) is 24.5 Å². The Morgan fingerprint density at radius 1 is 1.17 bits per heavy atom. The molecule has 29 heavy (non-hydrogen) atoms. The van der Waals surface area contributed by atoms with Crippen molar-refractivity contribution in [2.45, 2.75) is 76.9 Å². The SMILES string of the molecule is CC(C)CC1(NC(=O)[C@H]2CCCN(C3CCN(Cc4ccncc4)CC3)C2)CC1. The standard InChI is InChI=1S/C24H38N4O/c1-19(2)16-24(9-10-24)26-23(29)21-4-3-13-28(18-21)22-7-14-27(15-8-22)17-20-5-11-25-12-6-20/h5-6,11-12,19,21-22H,3-4,7-10,13-18H2,1-2H3,(H,26,29)/t21-/m0/s1. The van der Waals surface area contributed by atoms with Crippen molar-refractivity contribution in [3.8, 4) is 0 Å². The second-order valence-corrected chi connectivity index (χ2v) is 10.1. The first-order valence-electron chi connectivity index (χ1n) is 11.7. The fraction of sp³-hybridized carbons (Fsp3) is 0.750. The van der Waals surface area contributed by atoms with Gasteiger partial charge in [0, 0.05) is 37.1 Å². The van der Waals surface area contributed by atoms with Crippen LogP contribution in [0.3, 0.4) is 0 Å². The van der Waals surface area contributed by atoms with E-state index in [2.05, 4.69) is 46.1 Å². The van der Waals surface area contributed by atoms with E-state index in [0.717, 1.165) is 52.0 Å². The summed E-state index contributed by atoms with van der Waals surface area (Å²) < 4.78 is 0. The fourth-order valence-corrected chi connectivity index (χ4v) is 5.42. The van der Waals surface area contributed by atoms with Crippen molar-refractivity contribution in [3.05, 3.63) is 30.1 Å². The third-order valence-corrected chi connectivity index (χ3v) is 7.09. The first-order valence-corrected chi connectivity index (χ1v) is 11.7. The van der Waals surface area contributed by atoms with Crippen molar-refractivity contribution in [2.75, 3.05) is 26.2 Å². The molecule has 0 spiro atoms. The summed E-state index contributed by atoms with van der Waals surface area (Å²) in [7, 11) is 0. The lowest BCUT2D eigenvalue weighted by molar-refractivity contribution is -0.128. The molecule has 0 radical (unpaired) electrons. The molecule has 1 atom stereocenters. The molecule has 3 heterocycles. The second kappa shape index (κ2) is 9.13. The number of aromatic nitrogens is 1. The Morgan fingerprint density at radius 3 is 2.55 bits per heavy atom. The Hall–Kier alpha value is -1.46. The van der Waals surface area contributed by atoms with E-state index in [1.165, 1.54) is 31.2 Å². The molecule has 1 aliphatic carbocycles.